The van der Waals surface area contributed by atoms with Gasteiger partial charge in [-0.2, -0.15) is 5.26 Å². The average Bonchev–Trinajstić information content (AvgIpc) is 2.50. The van der Waals surface area contributed by atoms with Gasteiger partial charge in [0.1, 0.15) is 18.1 Å². The standard InChI is InChI=1S/C6H5N5/c7-1-4-5-6(10-2-8-4)11-3-9-5/h2,9H,3H2,(H,8,10,11). The Morgan fingerprint density at radius 2 is 2.36 bits per heavy atom. The van der Waals surface area contributed by atoms with E-state index < -0.39 is 0 Å². The Morgan fingerprint density at radius 1 is 1.45 bits per heavy atom. The van der Waals surface area contributed by atoms with E-state index in [0.717, 1.165) is 0 Å². The van der Waals surface area contributed by atoms with Crippen molar-refractivity contribution in [3.63, 3.8) is 0 Å². The molecule has 0 fully saturated rings. The van der Waals surface area contributed by atoms with Crippen LogP contribution in [0.5, 0.6) is 0 Å². The Balaban J connectivity index is 2.61. The lowest BCUT2D eigenvalue weighted by molar-refractivity contribution is 1.16. The molecule has 0 unspecified atom stereocenters. The Kier molecular flexibility index (Phi) is 1.13. The maximum atomic E-state index is 8.59. The second-order valence-electron chi connectivity index (χ2n) is 2.09. The molecule has 5 heteroatoms. The smallest absolute Gasteiger partial charge is 0.169 e. The monoisotopic (exact) mass is 147 g/mol. The van der Waals surface area contributed by atoms with E-state index in [-0.39, 0.29) is 0 Å². The van der Waals surface area contributed by atoms with Crippen molar-refractivity contribution in [2.45, 2.75) is 0 Å². The van der Waals surface area contributed by atoms with Crippen LogP contribution in [0.2, 0.25) is 0 Å². The van der Waals surface area contributed by atoms with E-state index in [1.54, 1.807) is 0 Å². The maximum absolute atomic E-state index is 8.59. The predicted molar refractivity (Wildman–Crippen MR) is 38.9 cm³/mol. The van der Waals surface area contributed by atoms with Crippen LogP contribution in [0.4, 0.5) is 11.5 Å². The Bertz CT molecular complexity index is 326. The Labute approximate surface area is 63.1 Å². The van der Waals surface area contributed by atoms with Crippen molar-refractivity contribution >= 4 is 11.5 Å². The van der Waals surface area contributed by atoms with E-state index in [4.69, 9.17) is 5.26 Å². The number of aromatic nitrogens is 2. The highest BCUT2D eigenvalue weighted by atomic mass is 15.2. The van der Waals surface area contributed by atoms with Crippen LogP contribution in [0.15, 0.2) is 6.33 Å². The summed E-state index contributed by atoms with van der Waals surface area (Å²) in [6.45, 7) is 0.614. The Hall–Kier alpha value is -1.83. The summed E-state index contributed by atoms with van der Waals surface area (Å²) < 4.78 is 0. The molecule has 0 spiro atoms. The number of nitrogens with zero attached hydrogens (tertiary/aromatic N) is 3. The summed E-state index contributed by atoms with van der Waals surface area (Å²) in [6, 6.07) is 1.97. The molecule has 11 heavy (non-hydrogen) atoms. The van der Waals surface area contributed by atoms with Crippen molar-refractivity contribution in [3.8, 4) is 6.07 Å². The van der Waals surface area contributed by atoms with Crippen LogP contribution in [0, 0.1) is 11.3 Å². The third-order valence-corrected chi connectivity index (χ3v) is 1.47. The number of fused-ring (bicyclic) bond motifs is 1. The molecule has 0 bridgehead atoms. The van der Waals surface area contributed by atoms with E-state index in [0.29, 0.717) is 23.9 Å². The number of hydrogen-bond acceptors (Lipinski definition) is 5. The zero-order valence-electron chi connectivity index (χ0n) is 5.63. The molecule has 2 N–H and O–H groups in total. The molecule has 0 saturated heterocycles. The van der Waals surface area contributed by atoms with Gasteiger partial charge in [-0.1, -0.05) is 0 Å². The molecule has 0 aliphatic carbocycles. The first-order valence-electron chi connectivity index (χ1n) is 3.14. The van der Waals surface area contributed by atoms with Gasteiger partial charge in [0.15, 0.2) is 11.5 Å². The number of hydrogen-bond donors (Lipinski definition) is 2. The van der Waals surface area contributed by atoms with Gasteiger partial charge in [0.25, 0.3) is 0 Å². The number of anilines is 2. The van der Waals surface area contributed by atoms with E-state index in [2.05, 4.69) is 20.6 Å². The first-order valence-corrected chi connectivity index (χ1v) is 3.14. The van der Waals surface area contributed by atoms with E-state index in [9.17, 15) is 0 Å². The van der Waals surface area contributed by atoms with E-state index in [1.807, 2.05) is 6.07 Å². The van der Waals surface area contributed by atoms with Crippen molar-refractivity contribution in [2.75, 3.05) is 17.3 Å². The molecule has 1 aromatic rings. The molecular formula is C6H5N5. The second kappa shape index (κ2) is 2.09. The first kappa shape index (κ1) is 5.92. The summed E-state index contributed by atoms with van der Waals surface area (Å²) in [5.74, 6) is 0.705. The topological polar surface area (TPSA) is 73.6 Å². The molecule has 1 aliphatic rings. The summed E-state index contributed by atoms with van der Waals surface area (Å²) in [5.41, 5.74) is 1.09. The molecule has 0 amide bonds. The number of rotatable bonds is 0. The van der Waals surface area contributed by atoms with Crippen molar-refractivity contribution in [1.82, 2.24) is 9.97 Å². The van der Waals surface area contributed by atoms with Crippen molar-refractivity contribution < 1.29 is 0 Å². The molecule has 0 aromatic carbocycles. The SMILES string of the molecule is N#Cc1ncnc2c1NCN2. The van der Waals surface area contributed by atoms with Crippen molar-refractivity contribution in [1.29, 1.82) is 5.26 Å². The minimum absolute atomic E-state index is 0.389. The second-order valence-corrected chi connectivity index (χ2v) is 2.09. The van der Waals surface area contributed by atoms with Crippen LogP contribution in [0.3, 0.4) is 0 Å². The fraction of sp³-hybridized carbons (Fsp3) is 0.167. The van der Waals surface area contributed by atoms with Gasteiger partial charge in [-0.25, -0.2) is 9.97 Å². The van der Waals surface area contributed by atoms with Gasteiger partial charge < -0.3 is 10.6 Å². The van der Waals surface area contributed by atoms with Crippen LogP contribution < -0.4 is 10.6 Å². The zero-order valence-corrected chi connectivity index (χ0v) is 5.63. The highest BCUT2D eigenvalue weighted by molar-refractivity contribution is 5.73. The third-order valence-electron chi connectivity index (χ3n) is 1.47. The lowest BCUT2D eigenvalue weighted by Crippen LogP contribution is -1.99. The molecule has 54 valence electrons. The van der Waals surface area contributed by atoms with Gasteiger partial charge in [-0.15, -0.1) is 0 Å². The van der Waals surface area contributed by atoms with Crippen molar-refractivity contribution in [3.05, 3.63) is 12.0 Å². The van der Waals surface area contributed by atoms with Gasteiger partial charge in [0.2, 0.25) is 0 Å². The van der Waals surface area contributed by atoms with Gasteiger partial charge in [-0.3, -0.25) is 0 Å². The molecule has 0 saturated carbocycles. The summed E-state index contributed by atoms with van der Waals surface area (Å²) >= 11 is 0. The third kappa shape index (κ3) is 0.765. The molecule has 2 rings (SSSR count). The molecule has 1 aromatic heterocycles. The van der Waals surface area contributed by atoms with Crippen LogP contribution in [-0.4, -0.2) is 16.6 Å². The lowest BCUT2D eigenvalue weighted by Gasteiger charge is -1.95. The summed E-state index contributed by atoms with van der Waals surface area (Å²) in [6.07, 6.45) is 1.37. The number of nitrogens with one attached hydrogen (secondary N) is 2. The fourth-order valence-electron chi connectivity index (χ4n) is 0.988. The maximum Gasteiger partial charge on any atom is 0.169 e. The minimum Gasteiger partial charge on any atom is -0.363 e. The molecule has 2 heterocycles. The highest BCUT2D eigenvalue weighted by Crippen LogP contribution is 2.24. The number of nitriles is 1. The van der Waals surface area contributed by atoms with Gasteiger partial charge in [0.05, 0.1) is 6.67 Å². The van der Waals surface area contributed by atoms with Gasteiger partial charge in [0, 0.05) is 0 Å². The summed E-state index contributed by atoms with van der Waals surface area (Å²) in [7, 11) is 0. The van der Waals surface area contributed by atoms with Crippen LogP contribution >= 0.6 is 0 Å². The van der Waals surface area contributed by atoms with Gasteiger partial charge in [-0.05, 0) is 0 Å². The lowest BCUT2D eigenvalue weighted by atomic mass is 10.3. The fourth-order valence-corrected chi connectivity index (χ4v) is 0.988. The van der Waals surface area contributed by atoms with E-state index in [1.165, 1.54) is 6.33 Å². The zero-order chi connectivity index (χ0) is 7.68. The highest BCUT2D eigenvalue weighted by Gasteiger charge is 2.14. The average molecular weight is 147 g/mol. The van der Waals surface area contributed by atoms with Crippen LogP contribution in [0.25, 0.3) is 0 Å². The predicted octanol–water partition coefficient (Wildman–Crippen LogP) is 0.143. The van der Waals surface area contributed by atoms with Crippen molar-refractivity contribution in [2.24, 2.45) is 0 Å². The molecule has 0 atom stereocenters. The Morgan fingerprint density at radius 3 is 3.18 bits per heavy atom. The molecule has 5 nitrogen and oxygen atoms in total. The first-order chi connectivity index (χ1) is 5.42. The summed E-state index contributed by atoms with van der Waals surface area (Å²) in [5, 5.41) is 14.5. The van der Waals surface area contributed by atoms with Crippen LogP contribution in [-0.2, 0) is 0 Å². The molecular weight excluding hydrogens is 142 g/mol. The minimum atomic E-state index is 0.389. The molecule has 1 aliphatic heterocycles. The van der Waals surface area contributed by atoms with E-state index >= 15 is 0 Å². The van der Waals surface area contributed by atoms with Gasteiger partial charge >= 0.3 is 0 Å². The quantitative estimate of drug-likeness (QED) is 0.546. The summed E-state index contributed by atoms with van der Waals surface area (Å²) in [4.78, 5) is 7.73. The largest absolute Gasteiger partial charge is 0.363 e. The normalized spacial score (nSPS) is 12.6. The van der Waals surface area contributed by atoms with Crippen LogP contribution in [0.1, 0.15) is 5.69 Å². The molecule has 0 radical (unpaired) electrons.